The molecule has 0 unspecified atom stereocenters. The number of carbonyl (C=O) groups is 1. The Kier molecular flexibility index (Phi) is 3.39. The van der Waals surface area contributed by atoms with Crippen molar-refractivity contribution in [1.82, 2.24) is 14.6 Å². The Morgan fingerprint density at radius 2 is 2.04 bits per heavy atom. The third kappa shape index (κ3) is 2.45. The van der Waals surface area contributed by atoms with Crippen molar-refractivity contribution in [3.63, 3.8) is 0 Å². The number of hydrogen-bond acceptors (Lipinski definition) is 7. The number of thioether (sulfide) groups is 1. The summed E-state index contributed by atoms with van der Waals surface area (Å²) in [6.07, 6.45) is 0. The number of benzene rings is 2. The van der Waals surface area contributed by atoms with Gasteiger partial charge in [-0.05, 0) is 30.3 Å². The summed E-state index contributed by atoms with van der Waals surface area (Å²) in [5, 5.41) is 9.16. The second kappa shape index (κ2) is 5.75. The van der Waals surface area contributed by atoms with Gasteiger partial charge in [-0.3, -0.25) is 9.20 Å². The van der Waals surface area contributed by atoms with Gasteiger partial charge in [0.1, 0.15) is 0 Å². The van der Waals surface area contributed by atoms with Gasteiger partial charge in [0.05, 0.1) is 16.0 Å². The van der Waals surface area contributed by atoms with E-state index < -0.39 is 0 Å². The van der Waals surface area contributed by atoms with E-state index in [1.54, 1.807) is 29.5 Å². The quantitative estimate of drug-likeness (QED) is 0.404. The van der Waals surface area contributed by atoms with Crippen molar-refractivity contribution in [1.29, 1.82) is 0 Å². The predicted octanol–water partition coefficient (Wildman–Crippen LogP) is 3.65. The first kappa shape index (κ1) is 14.7. The molecule has 8 heteroatoms. The number of ether oxygens (including phenoxy) is 2. The highest BCUT2D eigenvalue weighted by Crippen LogP contribution is 2.33. The van der Waals surface area contributed by atoms with E-state index in [4.69, 9.17) is 9.47 Å². The predicted molar refractivity (Wildman–Crippen MR) is 96.0 cm³/mol. The molecule has 1 aliphatic heterocycles. The molecule has 0 radical (unpaired) electrons. The van der Waals surface area contributed by atoms with E-state index in [-0.39, 0.29) is 18.3 Å². The van der Waals surface area contributed by atoms with E-state index in [2.05, 4.69) is 16.3 Å². The summed E-state index contributed by atoms with van der Waals surface area (Å²) < 4.78 is 13.7. The molecule has 0 saturated heterocycles. The highest BCUT2D eigenvalue weighted by atomic mass is 32.2. The molecule has 1 aliphatic rings. The molecular formula is C17H11N3O3S2. The first-order valence-corrected chi connectivity index (χ1v) is 9.38. The number of thiazole rings is 1. The Morgan fingerprint density at radius 3 is 3.00 bits per heavy atom. The van der Waals surface area contributed by atoms with Crippen molar-refractivity contribution in [2.24, 2.45) is 0 Å². The fourth-order valence-electron chi connectivity index (χ4n) is 2.73. The van der Waals surface area contributed by atoms with Gasteiger partial charge in [-0.15, -0.1) is 10.2 Å². The highest BCUT2D eigenvalue weighted by molar-refractivity contribution is 7.99. The lowest BCUT2D eigenvalue weighted by atomic mass is 10.1. The maximum atomic E-state index is 12.5. The average molecular weight is 369 g/mol. The van der Waals surface area contributed by atoms with Gasteiger partial charge in [-0.2, -0.15) is 0 Å². The average Bonchev–Trinajstić information content (AvgIpc) is 3.33. The molecule has 2 aromatic heterocycles. The van der Waals surface area contributed by atoms with Gasteiger partial charge >= 0.3 is 0 Å². The smallest absolute Gasteiger partial charge is 0.231 e. The molecule has 0 saturated carbocycles. The first-order valence-electron chi connectivity index (χ1n) is 7.58. The Hall–Kier alpha value is -2.58. The maximum absolute atomic E-state index is 12.5. The van der Waals surface area contributed by atoms with Crippen LogP contribution in [0.2, 0.25) is 0 Å². The molecule has 3 heterocycles. The fraction of sp³-hybridized carbons (Fsp3) is 0.118. The number of nitrogens with zero attached hydrogens (tertiary/aromatic N) is 3. The number of hydrogen-bond donors (Lipinski definition) is 0. The molecule has 0 bridgehead atoms. The Balaban J connectivity index is 1.41. The van der Waals surface area contributed by atoms with Crippen LogP contribution in [0.3, 0.4) is 0 Å². The number of para-hydroxylation sites is 1. The number of rotatable bonds is 4. The number of carbonyl (C=O) groups excluding carboxylic acids is 1. The molecule has 0 aliphatic carbocycles. The van der Waals surface area contributed by atoms with Crippen LogP contribution in [0.25, 0.3) is 15.2 Å². The molecule has 6 nitrogen and oxygen atoms in total. The summed E-state index contributed by atoms with van der Waals surface area (Å²) in [6, 6.07) is 13.3. The summed E-state index contributed by atoms with van der Waals surface area (Å²) >= 11 is 2.97. The Morgan fingerprint density at radius 1 is 1.16 bits per heavy atom. The van der Waals surface area contributed by atoms with Crippen LogP contribution in [0, 0.1) is 0 Å². The minimum atomic E-state index is 0.0135. The van der Waals surface area contributed by atoms with Gasteiger partial charge in [0.15, 0.2) is 22.4 Å². The van der Waals surface area contributed by atoms with E-state index in [0.717, 1.165) is 20.3 Å². The van der Waals surface area contributed by atoms with Gasteiger partial charge in [-0.1, -0.05) is 35.2 Å². The number of ketones is 1. The zero-order chi connectivity index (χ0) is 16.8. The molecule has 0 N–H and O–H groups in total. The van der Waals surface area contributed by atoms with E-state index in [1.165, 1.54) is 11.8 Å². The minimum Gasteiger partial charge on any atom is -0.454 e. The van der Waals surface area contributed by atoms with Gasteiger partial charge < -0.3 is 9.47 Å². The molecule has 2 aromatic carbocycles. The molecule has 0 atom stereocenters. The van der Waals surface area contributed by atoms with Crippen molar-refractivity contribution < 1.29 is 14.3 Å². The molecule has 25 heavy (non-hydrogen) atoms. The SMILES string of the molecule is O=C(CSc1nnc2sc3ccccc3n12)c1ccc2c(c1)OCO2. The molecule has 124 valence electrons. The number of fused-ring (bicyclic) bond motifs is 4. The lowest BCUT2D eigenvalue weighted by Gasteiger charge is -2.02. The second-order valence-electron chi connectivity index (χ2n) is 5.45. The van der Waals surface area contributed by atoms with Crippen LogP contribution < -0.4 is 9.47 Å². The molecule has 0 spiro atoms. The molecule has 4 aromatic rings. The zero-order valence-electron chi connectivity index (χ0n) is 12.8. The van der Waals surface area contributed by atoms with E-state index in [0.29, 0.717) is 17.1 Å². The first-order chi connectivity index (χ1) is 12.3. The van der Waals surface area contributed by atoms with Gasteiger partial charge in [0.25, 0.3) is 0 Å². The van der Waals surface area contributed by atoms with Crippen molar-refractivity contribution in [3.8, 4) is 11.5 Å². The number of Topliss-reactive ketones (excluding diaryl/α,β-unsaturated/α-hetero) is 1. The van der Waals surface area contributed by atoms with Crippen LogP contribution in [0.4, 0.5) is 0 Å². The fourth-order valence-corrected chi connectivity index (χ4v) is 4.59. The van der Waals surface area contributed by atoms with Gasteiger partial charge in [0.2, 0.25) is 11.8 Å². The molecular weight excluding hydrogens is 358 g/mol. The lowest BCUT2D eigenvalue weighted by molar-refractivity contribution is 0.102. The highest BCUT2D eigenvalue weighted by Gasteiger charge is 2.18. The topological polar surface area (TPSA) is 65.7 Å². The van der Waals surface area contributed by atoms with Gasteiger partial charge in [0, 0.05) is 5.56 Å². The summed E-state index contributed by atoms with van der Waals surface area (Å²) in [5.41, 5.74) is 1.67. The van der Waals surface area contributed by atoms with E-state index in [1.807, 2.05) is 22.6 Å². The third-order valence-corrected chi connectivity index (χ3v) is 5.88. The lowest BCUT2D eigenvalue weighted by Crippen LogP contribution is -2.03. The summed E-state index contributed by atoms with van der Waals surface area (Å²) in [7, 11) is 0. The Labute approximate surface area is 150 Å². The monoisotopic (exact) mass is 369 g/mol. The van der Waals surface area contributed by atoms with Crippen molar-refractivity contribution in [2.45, 2.75) is 5.16 Å². The standard InChI is InChI=1S/C17H11N3O3S2/c21-12(10-5-6-13-14(7-10)23-9-22-13)8-24-16-18-19-17-20(16)11-3-1-2-4-15(11)25-17/h1-7H,8-9H2. The van der Waals surface area contributed by atoms with E-state index >= 15 is 0 Å². The maximum Gasteiger partial charge on any atom is 0.231 e. The van der Waals surface area contributed by atoms with E-state index in [9.17, 15) is 4.79 Å². The second-order valence-corrected chi connectivity index (χ2v) is 7.40. The molecule has 5 rings (SSSR count). The van der Waals surface area contributed by atoms with Crippen LogP contribution in [-0.2, 0) is 0 Å². The van der Waals surface area contributed by atoms with Crippen molar-refractivity contribution in [3.05, 3.63) is 48.0 Å². The van der Waals surface area contributed by atoms with Gasteiger partial charge in [-0.25, -0.2) is 0 Å². The molecule has 0 amide bonds. The normalized spacial score (nSPS) is 13.0. The van der Waals surface area contributed by atoms with Crippen LogP contribution >= 0.6 is 23.1 Å². The summed E-state index contributed by atoms with van der Waals surface area (Å²) in [4.78, 5) is 13.3. The minimum absolute atomic E-state index is 0.0135. The third-order valence-electron chi connectivity index (χ3n) is 3.94. The van der Waals surface area contributed by atoms with Crippen LogP contribution in [0.5, 0.6) is 11.5 Å². The summed E-state index contributed by atoms with van der Waals surface area (Å²) in [5.74, 6) is 1.59. The van der Waals surface area contributed by atoms with Crippen LogP contribution in [0.15, 0.2) is 47.6 Å². The van der Waals surface area contributed by atoms with Crippen molar-refractivity contribution in [2.75, 3.05) is 12.5 Å². The van der Waals surface area contributed by atoms with Crippen LogP contribution in [-0.4, -0.2) is 32.9 Å². The summed E-state index contributed by atoms with van der Waals surface area (Å²) in [6.45, 7) is 0.199. The molecule has 0 fully saturated rings. The van der Waals surface area contributed by atoms with Crippen LogP contribution in [0.1, 0.15) is 10.4 Å². The largest absolute Gasteiger partial charge is 0.454 e. The number of aromatic nitrogens is 3. The zero-order valence-corrected chi connectivity index (χ0v) is 14.5. The van der Waals surface area contributed by atoms with Crippen molar-refractivity contribution >= 4 is 44.1 Å². The Bertz CT molecular complexity index is 1120.